The molecule has 0 saturated carbocycles. The van der Waals surface area contributed by atoms with Gasteiger partial charge in [0.15, 0.2) is 0 Å². The third kappa shape index (κ3) is 5.26. The van der Waals surface area contributed by atoms with E-state index in [4.69, 9.17) is 16.3 Å². The molecule has 0 radical (unpaired) electrons. The molecule has 0 aliphatic rings. The Morgan fingerprint density at radius 1 is 1.40 bits per heavy atom. The van der Waals surface area contributed by atoms with Crippen LogP contribution in [0.2, 0.25) is 5.02 Å². The number of benzene rings is 1. The maximum atomic E-state index is 12.8. The number of ether oxygens (including phenoxy) is 1. The van der Waals surface area contributed by atoms with Crippen LogP contribution in [0.25, 0.3) is 0 Å². The molecule has 0 aliphatic carbocycles. The van der Waals surface area contributed by atoms with Crippen LogP contribution in [0.3, 0.4) is 0 Å². The van der Waals surface area contributed by atoms with Gasteiger partial charge in [-0.05, 0) is 24.6 Å². The molecule has 0 spiro atoms. The van der Waals surface area contributed by atoms with Gasteiger partial charge in [0.25, 0.3) is 0 Å². The maximum absolute atomic E-state index is 12.8. The molecule has 0 atom stereocenters. The molecule has 0 unspecified atom stereocenters. The Bertz CT molecular complexity index is 467. The smallest absolute Gasteiger partial charge is 0.385 e. The molecular weight excluding hydrogens is 297 g/mol. The van der Waals surface area contributed by atoms with Gasteiger partial charge < -0.3 is 15.4 Å². The van der Waals surface area contributed by atoms with Gasteiger partial charge in [-0.15, -0.1) is 0 Å². The van der Waals surface area contributed by atoms with Gasteiger partial charge in [-0.2, -0.15) is 13.2 Å². The first-order chi connectivity index (χ1) is 9.34. The van der Waals surface area contributed by atoms with Crippen molar-refractivity contribution >= 4 is 23.3 Å². The molecule has 8 heteroatoms. The average Bonchev–Trinajstić information content (AvgIpc) is 2.35. The molecule has 0 aliphatic heterocycles. The molecule has 4 nitrogen and oxygen atoms in total. The lowest BCUT2D eigenvalue weighted by Gasteiger charge is -2.14. The fourth-order valence-electron chi connectivity index (χ4n) is 1.44. The Morgan fingerprint density at radius 3 is 2.70 bits per heavy atom. The van der Waals surface area contributed by atoms with E-state index in [1.165, 1.54) is 13.2 Å². The van der Waals surface area contributed by atoms with Crippen LogP contribution >= 0.6 is 11.6 Å². The lowest BCUT2D eigenvalue weighted by atomic mass is 10.1. The van der Waals surface area contributed by atoms with Gasteiger partial charge in [-0.1, -0.05) is 11.6 Å². The fraction of sp³-hybridized carbons (Fsp3) is 0.417. The number of urea groups is 1. The largest absolute Gasteiger partial charge is 0.418 e. The van der Waals surface area contributed by atoms with Crippen molar-refractivity contribution in [3.05, 3.63) is 28.8 Å². The summed E-state index contributed by atoms with van der Waals surface area (Å²) in [5.74, 6) is 0. The van der Waals surface area contributed by atoms with Crippen LogP contribution in [0.15, 0.2) is 18.2 Å². The third-order valence-corrected chi connectivity index (χ3v) is 2.58. The first-order valence-corrected chi connectivity index (χ1v) is 6.13. The number of hydrogen-bond donors (Lipinski definition) is 2. The zero-order valence-corrected chi connectivity index (χ0v) is 11.4. The normalized spacial score (nSPS) is 11.2. The highest BCUT2D eigenvalue weighted by molar-refractivity contribution is 6.30. The lowest BCUT2D eigenvalue weighted by molar-refractivity contribution is -0.136. The summed E-state index contributed by atoms with van der Waals surface area (Å²) >= 11 is 5.54. The molecule has 1 rings (SSSR count). The van der Waals surface area contributed by atoms with Crippen LogP contribution in [0.5, 0.6) is 0 Å². The highest BCUT2D eigenvalue weighted by atomic mass is 35.5. The van der Waals surface area contributed by atoms with Crippen molar-refractivity contribution in [1.29, 1.82) is 0 Å². The molecule has 0 aromatic heterocycles. The molecule has 0 bridgehead atoms. The minimum Gasteiger partial charge on any atom is -0.385 e. The molecule has 0 heterocycles. The Hall–Kier alpha value is -1.47. The predicted molar refractivity (Wildman–Crippen MR) is 70.0 cm³/mol. The number of carbonyl (C=O) groups excluding carboxylic acids is 1. The van der Waals surface area contributed by atoms with E-state index in [1.807, 2.05) is 0 Å². The predicted octanol–water partition coefficient (Wildman–Crippen LogP) is 3.52. The summed E-state index contributed by atoms with van der Waals surface area (Å²) < 4.78 is 43.1. The fourth-order valence-corrected chi connectivity index (χ4v) is 1.62. The first-order valence-electron chi connectivity index (χ1n) is 5.75. The molecule has 2 N–H and O–H groups in total. The standard InChI is InChI=1S/C12H14ClF3N2O2/c1-20-6-2-5-17-11(19)18-10-4-3-8(13)7-9(10)12(14,15)16/h3-4,7H,2,5-6H2,1H3,(H2,17,18,19). The Morgan fingerprint density at radius 2 is 2.10 bits per heavy atom. The summed E-state index contributed by atoms with van der Waals surface area (Å²) in [4.78, 5) is 11.5. The van der Waals surface area contributed by atoms with E-state index < -0.39 is 17.8 Å². The molecule has 0 fully saturated rings. The number of alkyl halides is 3. The second-order valence-corrected chi connectivity index (χ2v) is 4.35. The van der Waals surface area contributed by atoms with E-state index in [-0.39, 0.29) is 10.7 Å². The van der Waals surface area contributed by atoms with E-state index in [0.29, 0.717) is 19.6 Å². The Balaban J connectivity index is 2.70. The van der Waals surface area contributed by atoms with Gasteiger partial charge in [0.1, 0.15) is 0 Å². The topological polar surface area (TPSA) is 50.4 Å². The third-order valence-electron chi connectivity index (χ3n) is 2.35. The van der Waals surface area contributed by atoms with E-state index in [0.717, 1.165) is 12.1 Å². The minimum atomic E-state index is -4.59. The summed E-state index contributed by atoms with van der Waals surface area (Å²) in [6.45, 7) is 0.754. The van der Waals surface area contributed by atoms with E-state index in [2.05, 4.69) is 10.6 Å². The summed E-state index contributed by atoms with van der Waals surface area (Å²) in [5.41, 5.74) is -1.33. The van der Waals surface area contributed by atoms with Crippen molar-refractivity contribution in [3.63, 3.8) is 0 Å². The van der Waals surface area contributed by atoms with Gasteiger partial charge in [0.2, 0.25) is 0 Å². The van der Waals surface area contributed by atoms with Crippen LogP contribution < -0.4 is 10.6 Å². The van der Waals surface area contributed by atoms with Crippen LogP contribution in [0, 0.1) is 0 Å². The van der Waals surface area contributed by atoms with Crippen molar-refractivity contribution < 1.29 is 22.7 Å². The number of anilines is 1. The number of carbonyl (C=O) groups is 1. The molecule has 20 heavy (non-hydrogen) atoms. The number of halogens is 4. The van der Waals surface area contributed by atoms with Crippen molar-refractivity contribution in [2.45, 2.75) is 12.6 Å². The van der Waals surface area contributed by atoms with Crippen LogP contribution in [-0.2, 0) is 10.9 Å². The van der Waals surface area contributed by atoms with Crippen molar-refractivity contribution in [2.75, 3.05) is 25.6 Å². The van der Waals surface area contributed by atoms with Crippen molar-refractivity contribution in [1.82, 2.24) is 5.32 Å². The first kappa shape index (κ1) is 16.6. The Labute approximate surface area is 119 Å². The Kier molecular flexibility index (Phi) is 6.09. The van der Waals surface area contributed by atoms with E-state index >= 15 is 0 Å². The minimum absolute atomic E-state index is 0.0524. The average molecular weight is 311 g/mol. The number of hydrogen-bond acceptors (Lipinski definition) is 2. The molecular formula is C12H14ClF3N2O2. The van der Waals surface area contributed by atoms with Gasteiger partial charge >= 0.3 is 12.2 Å². The zero-order chi connectivity index (χ0) is 15.2. The number of amides is 2. The van der Waals surface area contributed by atoms with Gasteiger partial charge in [-0.3, -0.25) is 0 Å². The molecule has 1 aromatic rings. The van der Waals surface area contributed by atoms with Crippen LogP contribution in [-0.4, -0.2) is 26.3 Å². The molecule has 112 valence electrons. The van der Waals surface area contributed by atoms with Crippen molar-refractivity contribution in [2.24, 2.45) is 0 Å². The summed E-state index contributed by atoms with van der Waals surface area (Å²) in [6.07, 6.45) is -4.03. The number of methoxy groups -OCH3 is 1. The quantitative estimate of drug-likeness (QED) is 0.818. The van der Waals surface area contributed by atoms with Gasteiger partial charge in [0.05, 0.1) is 11.3 Å². The summed E-state index contributed by atoms with van der Waals surface area (Å²) in [5, 5.41) is 4.53. The van der Waals surface area contributed by atoms with Gasteiger partial charge in [0, 0.05) is 25.3 Å². The van der Waals surface area contributed by atoms with Crippen LogP contribution in [0.1, 0.15) is 12.0 Å². The SMILES string of the molecule is COCCCNC(=O)Nc1ccc(Cl)cc1C(F)(F)F. The second kappa shape index (κ2) is 7.35. The van der Waals surface area contributed by atoms with Gasteiger partial charge in [-0.25, -0.2) is 4.79 Å². The van der Waals surface area contributed by atoms with Crippen molar-refractivity contribution in [3.8, 4) is 0 Å². The zero-order valence-electron chi connectivity index (χ0n) is 10.7. The maximum Gasteiger partial charge on any atom is 0.418 e. The van der Waals surface area contributed by atoms with E-state index in [9.17, 15) is 18.0 Å². The number of nitrogens with one attached hydrogen (secondary N) is 2. The molecule has 1 aromatic carbocycles. The summed E-state index contributed by atoms with van der Waals surface area (Å²) in [6, 6.07) is 2.44. The second-order valence-electron chi connectivity index (χ2n) is 3.91. The monoisotopic (exact) mass is 310 g/mol. The number of rotatable bonds is 5. The highest BCUT2D eigenvalue weighted by Crippen LogP contribution is 2.36. The molecule has 2 amide bonds. The highest BCUT2D eigenvalue weighted by Gasteiger charge is 2.34. The lowest BCUT2D eigenvalue weighted by Crippen LogP contribution is -2.30. The summed E-state index contributed by atoms with van der Waals surface area (Å²) in [7, 11) is 1.52. The molecule has 0 saturated heterocycles. The van der Waals surface area contributed by atoms with E-state index in [1.54, 1.807) is 0 Å². The van der Waals surface area contributed by atoms with Crippen LogP contribution in [0.4, 0.5) is 23.7 Å².